The molecule has 0 saturated heterocycles. The fraction of sp³-hybridized carbons (Fsp3) is 0.333. The van der Waals surface area contributed by atoms with Crippen LogP contribution in [0, 0.1) is 0 Å². The van der Waals surface area contributed by atoms with Gasteiger partial charge in [0.1, 0.15) is 0 Å². The van der Waals surface area contributed by atoms with Gasteiger partial charge in [-0.1, -0.05) is 11.8 Å². The Bertz CT molecular complexity index is 441. The molecule has 0 aliphatic carbocycles. The van der Waals surface area contributed by atoms with Crippen molar-refractivity contribution >= 4 is 27.7 Å². The largest absolute Gasteiger partial charge is 0.365 e. The first-order chi connectivity index (χ1) is 7.31. The van der Waals surface area contributed by atoms with Crippen molar-refractivity contribution in [2.75, 3.05) is 0 Å². The van der Waals surface area contributed by atoms with E-state index in [9.17, 15) is 0 Å². The highest BCUT2D eigenvalue weighted by molar-refractivity contribution is 9.10. The quantitative estimate of drug-likeness (QED) is 0.919. The average Bonchev–Trinajstić information content (AvgIpc) is 2.81. The Morgan fingerprint density at radius 3 is 3.33 bits per heavy atom. The fourth-order valence-electron chi connectivity index (χ4n) is 1.73. The molecule has 0 bridgehead atoms. The van der Waals surface area contributed by atoms with E-state index in [-0.39, 0.29) is 0 Å². The molecule has 0 spiro atoms. The first kappa shape index (κ1) is 9.47. The van der Waals surface area contributed by atoms with Gasteiger partial charge in [-0.3, -0.25) is 0 Å². The van der Waals surface area contributed by atoms with Gasteiger partial charge in [-0.25, -0.2) is 4.68 Å². The number of rotatable bonds is 2. The molecule has 0 aromatic carbocycles. The maximum absolute atomic E-state index is 4.29. The van der Waals surface area contributed by atoms with Crippen LogP contribution < -0.4 is 0 Å². The normalized spacial score (nSPS) is 19.4. The number of nitrogens with zero attached hydrogens (tertiary/aromatic N) is 3. The van der Waals surface area contributed by atoms with E-state index in [0.29, 0.717) is 9.98 Å². The number of nitrogens with one attached hydrogen (secondary N) is 1. The van der Waals surface area contributed by atoms with Crippen LogP contribution in [-0.2, 0) is 13.0 Å². The van der Waals surface area contributed by atoms with E-state index in [2.05, 4.69) is 37.1 Å². The summed E-state index contributed by atoms with van der Waals surface area (Å²) in [6.45, 7) is 0.942. The number of H-pyrrole nitrogens is 1. The summed E-state index contributed by atoms with van der Waals surface area (Å²) >= 11 is 5.07. The zero-order valence-corrected chi connectivity index (χ0v) is 10.3. The lowest BCUT2D eigenvalue weighted by Gasteiger charge is -2.04. The van der Waals surface area contributed by atoms with E-state index in [1.807, 2.05) is 16.9 Å². The number of halogens is 1. The molecule has 2 aromatic rings. The summed E-state index contributed by atoms with van der Waals surface area (Å²) in [6, 6.07) is 4.15. The predicted octanol–water partition coefficient (Wildman–Crippen LogP) is 2.09. The third kappa shape index (κ3) is 1.83. The highest BCUT2D eigenvalue weighted by atomic mass is 79.9. The molecule has 3 rings (SSSR count). The molecular formula is C9H9BrN4S. The van der Waals surface area contributed by atoms with Crippen LogP contribution in [0.3, 0.4) is 0 Å². The minimum absolute atomic E-state index is 0.548. The van der Waals surface area contributed by atoms with E-state index in [4.69, 9.17) is 0 Å². The standard InChI is InChI=1S/C9H9BrN4S/c10-8-12-9-14(13-8)5-7(15-9)4-6-2-1-3-11-6/h1-3,7,11H,4-5H2. The summed E-state index contributed by atoms with van der Waals surface area (Å²) in [7, 11) is 0. The van der Waals surface area contributed by atoms with E-state index >= 15 is 0 Å². The summed E-state index contributed by atoms with van der Waals surface area (Å²) in [5.41, 5.74) is 1.28. The lowest BCUT2D eigenvalue weighted by atomic mass is 10.2. The van der Waals surface area contributed by atoms with Gasteiger partial charge in [0.25, 0.3) is 0 Å². The molecule has 6 heteroatoms. The van der Waals surface area contributed by atoms with E-state index in [1.165, 1.54) is 5.69 Å². The number of aromatic amines is 1. The Kier molecular flexibility index (Phi) is 2.32. The van der Waals surface area contributed by atoms with Gasteiger partial charge < -0.3 is 4.98 Å². The number of hydrogen-bond acceptors (Lipinski definition) is 3. The Morgan fingerprint density at radius 2 is 2.60 bits per heavy atom. The molecule has 3 heterocycles. The van der Waals surface area contributed by atoms with Crippen molar-refractivity contribution in [3.05, 3.63) is 28.8 Å². The van der Waals surface area contributed by atoms with Crippen molar-refractivity contribution in [2.45, 2.75) is 23.4 Å². The molecule has 0 amide bonds. The molecule has 4 nitrogen and oxygen atoms in total. The second kappa shape index (κ2) is 3.68. The molecular weight excluding hydrogens is 276 g/mol. The summed E-state index contributed by atoms with van der Waals surface area (Å²) in [6.07, 6.45) is 3.00. The third-order valence-corrected chi connectivity index (χ3v) is 3.87. The minimum atomic E-state index is 0.548. The predicted molar refractivity (Wildman–Crippen MR) is 61.9 cm³/mol. The second-order valence-electron chi connectivity index (χ2n) is 3.48. The minimum Gasteiger partial charge on any atom is -0.365 e. The van der Waals surface area contributed by atoms with Crippen LogP contribution in [0.25, 0.3) is 0 Å². The van der Waals surface area contributed by atoms with Crippen molar-refractivity contribution in [3.8, 4) is 0 Å². The van der Waals surface area contributed by atoms with Crippen molar-refractivity contribution < 1.29 is 0 Å². The summed E-state index contributed by atoms with van der Waals surface area (Å²) < 4.78 is 2.64. The summed E-state index contributed by atoms with van der Waals surface area (Å²) in [4.78, 5) is 7.51. The maximum Gasteiger partial charge on any atom is 0.218 e. The van der Waals surface area contributed by atoms with Crippen LogP contribution in [0.1, 0.15) is 5.69 Å². The van der Waals surface area contributed by atoms with Gasteiger partial charge in [-0.05, 0) is 28.1 Å². The number of thioether (sulfide) groups is 1. The van der Waals surface area contributed by atoms with E-state index < -0.39 is 0 Å². The molecule has 78 valence electrons. The average molecular weight is 285 g/mol. The Morgan fingerprint density at radius 1 is 1.67 bits per heavy atom. The number of fused-ring (bicyclic) bond motifs is 1. The molecule has 1 N–H and O–H groups in total. The highest BCUT2D eigenvalue weighted by Crippen LogP contribution is 2.32. The van der Waals surface area contributed by atoms with Gasteiger partial charge in [0.2, 0.25) is 4.73 Å². The van der Waals surface area contributed by atoms with Crippen LogP contribution in [0.4, 0.5) is 0 Å². The molecule has 0 fully saturated rings. The fourth-order valence-corrected chi connectivity index (χ4v) is 3.36. The maximum atomic E-state index is 4.29. The highest BCUT2D eigenvalue weighted by Gasteiger charge is 2.25. The molecule has 1 atom stereocenters. The number of aromatic nitrogens is 4. The van der Waals surface area contributed by atoms with Gasteiger partial charge in [0.15, 0.2) is 5.16 Å². The number of hydrogen-bond donors (Lipinski definition) is 1. The molecule has 1 unspecified atom stereocenters. The van der Waals surface area contributed by atoms with Gasteiger partial charge >= 0.3 is 0 Å². The van der Waals surface area contributed by atoms with Gasteiger partial charge in [-0.2, -0.15) is 4.98 Å². The molecule has 1 aliphatic rings. The lowest BCUT2D eigenvalue weighted by molar-refractivity contribution is 0.569. The Labute approximate surface area is 99.6 Å². The van der Waals surface area contributed by atoms with Crippen molar-refractivity contribution in [3.63, 3.8) is 0 Å². The monoisotopic (exact) mass is 284 g/mol. The van der Waals surface area contributed by atoms with Gasteiger partial charge in [0.05, 0.1) is 6.54 Å². The molecule has 2 aromatic heterocycles. The SMILES string of the molecule is Brc1nc2n(n1)CC(Cc1ccc[nH]1)S2. The van der Waals surface area contributed by atoms with E-state index in [1.54, 1.807) is 11.8 Å². The molecule has 1 aliphatic heterocycles. The second-order valence-corrected chi connectivity index (χ2v) is 5.46. The van der Waals surface area contributed by atoms with Crippen LogP contribution in [0.5, 0.6) is 0 Å². The summed E-state index contributed by atoms with van der Waals surface area (Å²) in [5, 5.41) is 5.82. The van der Waals surface area contributed by atoms with Gasteiger partial charge in [0, 0.05) is 23.6 Å². The van der Waals surface area contributed by atoms with E-state index in [0.717, 1.165) is 18.1 Å². The summed E-state index contributed by atoms with van der Waals surface area (Å²) in [5.74, 6) is 0. The van der Waals surface area contributed by atoms with Crippen LogP contribution in [0.15, 0.2) is 28.2 Å². The zero-order chi connectivity index (χ0) is 10.3. The zero-order valence-electron chi connectivity index (χ0n) is 7.85. The third-order valence-electron chi connectivity index (χ3n) is 2.37. The van der Waals surface area contributed by atoms with Crippen molar-refractivity contribution in [1.82, 2.24) is 19.7 Å². The first-order valence-corrected chi connectivity index (χ1v) is 6.38. The van der Waals surface area contributed by atoms with Crippen LogP contribution in [0.2, 0.25) is 0 Å². The Hall–Kier alpha value is -0.750. The smallest absolute Gasteiger partial charge is 0.218 e. The van der Waals surface area contributed by atoms with Crippen molar-refractivity contribution in [2.24, 2.45) is 0 Å². The molecule has 0 saturated carbocycles. The topological polar surface area (TPSA) is 46.5 Å². The van der Waals surface area contributed by atoms with Crippen LogP contribution in [-0.4, -0.2) is 25.0 Å². The Balaban J connectivity index is 1.71. The van der Waals surface area contributed by atoms with Crippen LogP contribution >= 0.6 is 27.7 Å². The molecule has 15 heavy (non-hydrogen) atoms. The van der Waals surface area contributed by atoms with Gasteiger partial charge in [-0.15, -0.1) is 5.10 Å². The van der Waals surface area contributed by atoms with Crippen molar-refractivity contribution in [1.29, 1.82) is 0 Å². The lowest BCUT2D eigenvalue weighted by Crippen LogP contribution is -2.10. The molecule has 0 radical (unpaired) electrons. The first-order valence-electron chi connectivity index (χ1n) is 4.70.